The quantitative estimate of drug-likeness (QED) is 0.397. The first-order valence-corrected chi connectivity index (χ1v) is 12.9. The van der Waals surface area contributed by atoms with E-state index in [1.165, 1.54) is 29.0 Å². The van der Waals surface area contributed by atoms with Gasteiger partial charge in [0.1, 0.15) is 0 Å². The Morgan fingerprint density at radius 3 is 2.77 bits per heavy atom. The van der Waals surface area contributed by atoms with Crippen molar-refractivity contribution in [3.05, 3.63) is 56.9 Å². The number of fused-ring (bicyclic) bond motifs is 3. The summed E-state index contributed by atoms with van der Waals surface area (Å²) < 4.78 is 29.9. The Bertz CT molecular complexity index is 1240. The van der Waals surface area contributed by atoms with E-state index in [4.69, 9.17) is 4.74 Å². The summed E-state index contributed by atoms with van der Waals surface area (Å²) in [5, 5.41) is 1.06. The summed E-state index contributed by atoms with van der Waals surface area (Å²) in [6.45, 7) is -0.0586. The second-order valence-electron chi connectivity index (χ2n) is 7.73. The highest BCUT2D eigenvalue weighted by Gasteiger charge is 2.18. The molecule has 0 spiro atoms. The van der Waals surface area contributed by atoms with Gasteiger partial charge in [-0.25, -0.2) is 17.9 Å². The molecule has 1 aliphatic rings. The lowest BCUT2D eigenvalue weighted by Crippen LogP contribution is -2.24. The number of esters is 1. The molecule has 2 aromatic heterocycles. The molecule has 9 heteroatoms. The van der Waals surface area contributed by atoms with Crippen LogP contribution in [-0.4, -0.2) is 44.6 Å². The third-order valence-corrected chi connectivity index (χ3v) is 7.25. The number of sulfonamides is 1. The van der Waals surface area contributed by atoms with Crippen LogP contribution in [0, 0.1) is 0 Å². The number of hydrogen-bond acceptors (Lipinski definition) is 6. The summed E-state index contributed by atoms with van der Waals surface area (Å²) in [5.74, 6) is -0.795. The number of carbonyl (C=O) groups excluding carboxylic acids is 2. The second-order valence-corrected chi connectivity index (χ2v) is 10.7. The van der Waals surface area contributed by atoms with E-state index in [0.29, 0.717) is 16.9 Å². The number of thiophene rings is 1. The zero-order valence-electron chi connectivity index (χ0n) is 17.2. The zero-order valence-corrected chi connectivity index (χ0v) is 18.8. The van der Waals surface area contributed by atoms with Crippen LogP contribution in [0.3, 0.4) is 0 Å². The number of aromatic amines is 1. The molecule has 0 atom stereocenters. The molecule has 1 aliphatic carbocycles. The number of ketones is 1. The maximum Gasteiger partial charge on any atom is 0.338 e. The van der Waals surface area contributed by atoms with Crippen LogP contribution in [-0.2, 0) is 34.0 Å². The van der Waals surface area contributed by atoms with Gasteiger partial charge in [-0.3, -0.25) is 4.79 Å². The van der Waals surface area contributed by atoms with E-state index in [-0.39, 0.29) is 18.9 Å². The molecular weight excluding hydrogens is 436 g/mol. The second kappa shape index (κ2) is 8.94. The molecule has 31 heavy (non-hydrogen) atoms. The first kappa shape index (κ1) is 21.7. The minimum atomic E-state index is -3.24. The van der Waals surface area contributed by atoms with E-state index < -0.39 is 16.0 Å². The molecule has 2 heterocycles. The van der Waals surface area contributed by atoms with Crippen molar-refractivity contribution in [2.75, 3.05) is 19.4 Å². The van der Waals surface area contributed by atoms with Gasteiger partial charge >= 0.3 is 5.97 Å². The van der Waals surface area contributed by atoms with Crippen LogP contribution in [0.5, 0.6) is 0 Å². The average molecular weight is 461 g/mol. The van der Waals surface area contributed by atoms with E-state index in [2.05, 4.69) is 9.71 Å². The van der Waals surface area contributed by atoms with Gasteiger partial charge in [0, 0.05) is 28.0 Å². The van der Waals surface area contributed by atoms with Crippen molar-refractivity contribution < 1.29 is 22.7 Å². The molecule has 3 aromatic rings. The average Bonchev–Trinajstić information content (AvgIpc) is 3.35. The molecule has 0 saturated heterocycles. The first-order valence-electron chi connectivity index (χ1n) is 10.2. The molecule has 0 fully saturated rings. The third-order valence-electron chi connectivity index (χ3n) is 5.34. The highest BCUT2D eigenvalue weighted by molar-refractivity contribution is 7.88. The van der Waals surface area contributed by atoms with Crippen LogP contribution >= 0.6 is 11.3 Å². The molecule has 0 bridgehead atoms. The molecule has 0 saturated carbocycles. The zero-order chi connectivity index (χ0) is 22.0. The van der Waals surface area contributed by atoms with Crippen molar-refractivity contribution in [2.45, 2.75) is 32.1 Å². The molecule has 0 unspecified atom stereocenters. The van der Waals surface area contributed by atoms with Gasteiger partial charge in [-0.05, 0) is 68.0 Å². The Kier molecular flexibility index (Phi) is 6.27. The number of aryl methyl sites for hydroxylation is 2. The largest absolute Gasteiger partial charge is 0.454 e. The number of carbonyl (C=O) groups is 2. The molecule has 4 rings (SSSR count). The highest BCUT2D eigenvalue weighted by Crippen LogP contribution is 2.30. The Morgan fingerprint density at radius 1 is 1.16 bits per heavy atom. The van der Waals surface area contributed by atoms with E-state index in [9.17, 15) is 18.0 Å². The van der Waals surface area contributed by atoms with Crippen LogP contribution < -0.4 is 4.72 Å². The molecule has 0 aliphatic heterocycles. The van der Waals surface area contributed by atoms with Gasteiger partial charge in [0.15, 0.2) is 6.61 Å². The molecule has 0 radical (unpaired) electrons. The predicted octanol–water partition coefficient (Wildman–Crippen LogP) is 3.24. The predicted molar refractivity (Wildman–Crippen MR) is 120 cm³/mol. The van der Waals surface area contributed by atoms with Crippen molar-refractivity contribution in [3.63, 3.8) is 0 Å². The van der Waals surface area contributed by atoms with Crippen molar-refractivity contribution in [1.29, 1.82) is 0 Å². The van der Waals surface area contributed by atoms with Gasteiger partial charge in [-0.15, -0.1) is 11.3 Å². The van der Waals surface area contributed by atoms with Crippen molar-refractivity contribution in [3.8, 4) is 0 Å². The number of aromatic nitrogens is 1. The Balaban J connectivity index is 1.36. The number of nitrogens with one attached hydrogen (secondary N) is 2. The SMILES string of the molecule is CS(=O)(=O)NCCc1ccc(C(=O)COC(=O)c2ccc3[nH]c4c(c3c2)CCCC4)s1. The summed E-state index contributed by atoms with van der Waals surface area (Å²) in [5.41, 5.74) is 3.99. The van der Waals surface area contributed by atoms with Gasteiger partial charge in [0.2, 0.25) is 15.8 Å². The molecule has 2 N–H and O–H groups in total. The lowest BCUT2D eigenvalue weighted by molar-refractivity contribution is 0.0476. The van der Waals surface area contributed by atoms with Crippen LogP contribution in [0.15, 0.2) is 30.3 Å². The first-order chi connectivity index (χ1) is 14.8. The normalized spacial score (nSPS) is 13.8. The molecule has 7 nitrogen and oxygen atoms in total. The van der Waals surface area contributed by atoms with Gasteiger partial charge in [0.05, 0.1) is 16.7 Å². The maximum absolute atomic E-state index is 12.5. The number of H-pyrrole nitrogens is 1. The third kappa shape index (κ3) is 5.23. The van der Waals surface area contributed by atoms with E-state index >= 15 is 0 Å². The van der Waals surface area contributed by atoms with Gasteiger partial charge < -0.3 is 9.72 Å². The van der Waals surface area contributed by atoms with E-state index in [1.807, 2.05) is 12.1 Å². The summed E-state index contributed by atoms with van der Waals surface area (Å²) in [6.07, 6.45) is 5.96. The topological polar surface area (TPSA) is 105 Å². The lowest BCUT2D eigenvalue weighted by atomic mass is 9.95. The fourth-order valence-electron chi connectivity index (χ4n) is 3.84. The standard InChI is InChI=1S/C22H24N2O5S2/c1-31(27,28)23-11-10-15-7-9-21(30-15)20(25)13-29-22(26)14-6-8-19-17(12-14)16-4-2-3-5-18(16)24-19/h6-9,12,23-24H,2-5,10-11,13H2,1H3. The summed E-state index contributed by atoms with van der Waals surface area (Å²) in [4.78, 5) is 29.7. The minimum absolute atomic E-state index is 0.271. The molecular formula is C22H24N2O5S2. The molecule has 1 aromatic carbocycles. The number of hydrogen-bond donors (Lipinski definition) is 2. The lowest BCUT2D eigenvalue weighted by Gasteiger charge is -2.10. The number of rotatable bonds is 8. The van der Waals surface area contributed by atoms with Gasteiger partial charge in [-0.1, -0.05) is 0 Å². The van der Waals surface area contributed by atoms with Crippen molar-refractivity contribution in [2.24, 2.45) is 0 Å². The number of ether oxygens (including phenoxy) is 1. The smallest absolute Gasteiger partial charge is 0.338 e. The fourth-order valence-corrected chi connectivity index (χ4v) is 5.24. The fraction of sp³-hybridized carbons (Fsp3) is 0.364. The van der Waals surface area contributed by atoms with Crippen molar-refractivity contribution >= 4 is 44.0 Å². The van der Waals surface area contributed by atoms with Gasteiger partial charge in [0.25, 0.3) is 0 Å². The van der Waals surface area contributed by atoms with Crippen LogP contribution in [0.2, 0.25) is 0 Å². The Labute approximate surface area is 184 Å². The van der Waals surface area contributed by atoms with Crippen molar-refractivity contribution in [1.82, 2.24) is 9.71 Å². The van der Waals surface area contributed by atoms with Crippen LogP contribution in [0.25, 0.3) is 10.9 Å². The monoisotopic (exact) mass is 460 g/mol. The molecule has 164 valence electrons. The molecule has 0 amide bonds. The minimum Gasteiger partial charge on any atom is -0.454 e. The van der Waals surface area contributed by atoms with E-state index in [0.717, 1.165) is 41.3 Å². The maximum atomic E-state index is 12.5. The van der Waals surface area contributed by atoms with Crippen LogP contribution in [0.4, 0.5) is 0 Å². The highest BCUT2D eigenvalue weighted by atomic mass is 32.2. The van der Waals surface area contributed by atoms with Gasteiger partial charge in [-0.2, -0.15) is 0 Å². The Hall–Kier alpha value is -2.49. The number of benzene rings is 1. The Morgan fingerprint density at radius 2 is 1.97 bits per heavy atom. The summed E-state index contributed by atoms with van der Waals surface area (Å²) in [6, 6.07) is 8.92. The number of Topliss-reactive ketones (excluding diaryl/α,β-unsaturated/α-hetero) is 1. The van der Waals surface area contributed by atoms with Crippen LogP contribution in [0.1, 0.15) is 49.0 Å². The summed E-state index contributed by atoms with van der Waals surface area (Å²) >= 11 is 1.28. The van der Waals surface area contributed by atoms with E-state index in [1.54, 1.807) is 18.2 Å². The summed E-state index contributed by atoms with van der Waals surface area (Å²) in [7, 11) is -3.24.